The van der Waals surface area contributed by atoms with E-state index in [9.17, 15) is 0 Å². The van der Waals surface area contributed by atoms with Gasteiger partial charge < -0.3 is 5.32 Å². The van der Waals surface area contributed by atoms with Crippen molar-refractivity contribution in [2.75, 3.05) is 11.1 Å². The fourth-order valence-corrected chi connectivity index (χ4v) is 2.74. The fraction of sp³-hybridized carbons (Fsp3) is 0.231. The van der Waals surface area contributed by atoms with Crippen LogP contribution in [0.2, 0.25) is 0 Å². The highest BCUT2D eigenvalue weighted by Crippen LogP contribution is 2.22. The number of aliphatic imine (C=N–C) groups is 1. The molecule has 1 aromatic carbocycles. The fourth-order valence-electron chi connectivity index (χ4n) is 1.82. The summed E-state index contributed by atoms with van der Waals surface area (Å²) in [7, 11) is 0. The van der Waals surface area contributed by atoms with Gasteiger partial charge in [0, 0.05) is 23.0 Å². The largest absolute Gasteiger partial charge is 0.335 e. The van der Waals surface area contributed by atoms with Crippen LogP contribution < -0.4 is 5.32 Å². The first-order valence-corrected chi connectivity index (χ1v) is 6.62. The first-order valence-electron chi connectivity index (χ1n) is 5.64. The molecule has 0 amide bonds. The monoisotopic (exact) mass is 243 g/mol. The van der Waals surface area contributed by atoms with Crippen LogP contribution in [0.25, 0.3) is 10.9 Å². The maximum atomic E-state index is 4.52. The maximum Gasteiger partial charge on any atom is 0.161 e. The summed E-state index contributed by atoms with van der Waals surface area (Å²) < 4.78 is 0. The molecule has 0 bridgehead atoms. The highest BCUT2D eigenvalue weighted by molar-refractivity contribution is 8.14. The molecule has 2 aromatic rings. The molecule has 3 nitrogen and oxygen atoms in total. The van der Waals surface area contributed by atoms with E-state index < -0.39 is 0 Å². The number of nitrogens with one attached hydrogen (secondary N) is 1. The minimum atomic E-state index is 0.421. The molecule has 4 heteroatoms. The van der Waals surface area contributed by atoms with E-state index in [0.29, 0.717) is 6.04 Å². The SMILES string of the molecule is CC1CSC(Nc2ccc3ncccc3c2)=N1. The number of hydrogen-bond donors (Lipinski definition) is 1. The summed E-state index contributed by atoms with van der Waals surface area (Å²) in [5.74, 6) is 1.07. The van der Waals surface area contributed by atoms with E-state index in [1.54, 1.807) is 11.8 Å². The van der Waals surface area contributed by atoms with E-state index >= 15 is 0 Å². The second kappa shape index (κ2) is 4.37. The lowest BCUT2D eigenvalue weighted by Crippen LogP contribution is -2.04. The first kappa shape index (κ1) is 10.6. The summed E-state index contributed by atoms with van der Waals surface area (Å²) in [6.45, 7) is 2.13. The Hall–Kier alpha value is -1.55. The Balaban J connectivity index is 1.88. The normalized spacial score (nSPS) is 19.4. The van der Waals surface area contributed by atoms with Crippen LogP contribution in [-0.2, 0) is 0 Å². The maximum absolute atomic E-state index is 4.52. The average Bonchev–Trinajstić information content (AvgIpc) is 2.75. The molecule has 0 aliphatic carbocycles. The molecule has 0 radical (unpaired) electrons. The third-order valence-electron chi connectivity index (χ3n) is 2.65. The lowest BCUT2D eigenvalue weighted by atomic mass is 10.2. The van der Waals surface area contributed by atoms with E-state index in [-0.39, 0.29) is 0 Å². The summed E-state index contributed by atoms with van der Waals surface area (Å²) in [4.78, 5) is 8.82. The van der Waals surface area contributed by atoms with Crippen LogP contribution in [0, 0.1) is 0 Å². The number of amidine groups is 1. The second-order valence-corrected chi connectivity index (χ2v) is 5.14. The van der Waals surface area contributed by atoms with Crippen molar-refractivity contribution in [2.45, 2.75) is 13.0 Å². The highest BCUT2D eigenvalue weighted by Gasteiger charge is 2.13. The van der Waals surface area contributed by atoms with E-state index in [0.717, 1.165) is 27.5 Å². The van der Waals surface area contributed by atoms with Crippen molar-refractivity contribution < 1.29 is 0 Å². The van der Waals surface area contributed by atoms with Gasteiger partial charge in [0.2, 0.25) is 0 Å². The smallest absolute Gasteiger partial charge is 0.161 e. The van der Waals surface area contributed by atoms with Crippen molar-refractivity contribution in [2.24, 2.45) is 4.99 Å². The molecule has 1 aromatic heterocycles. The first-order chi connectivity index (χ1) is 8.31. The van der Waals surface area contributed by atoms with Crippen LogP contribution in [0.5, 0.6) is 0 Å². The van der Waals surface area contributed by atoms with Gasteiger partial charge in [-0.3, -0.25) is 9.98 Å². The van der Waals surface area contributed by atoms with Crippen LogP contribution in [0.4, 0.5) is 5.69 Å². The standard InChI is InChI=1S/C13H13N3S/c1-9-8-17-13(15-9)16-11-4-5-12-10(7-11)3-2-6-14-12/h2-7,9H,8H2,1H3,(H,15,16). The minimum absolute atomic E-state index is 0.421. The lowest BCUT2D eigenvalue weighted by Gasteiger charge is -2.05. The van der Waals surface area contributed by atoms with Crippen LogP contribution in [0.3, 0.4) is 0 Å². The highest BCUT2D eigenvalue weighted by atomic mass is 32.2. The minimum Gasteiger partial charge on any atom is -0.335 e. The van der Waals surface area contributed by atoms with Gasteiger partial charge >= 0.3 is 0 Å². The number of anilines is 1. The van der Waals surface area contributed by atoms with Gasteiger partial charge in [-0.2, -0.15) is 0 Å². The summed E-state index contributed by atoms with van der Waals surface area (Å²) >= 11 is 1.77. The molecule has 3 rings (SSSR count). The summed E-state index contributed by atoms with van der Waals surface area (Å²) in [6, 6.07) is 10.6. The lowest BCUT2D eigenvalue weighted by molar-refractivity contribution is 0.865. The molecule has 1 atom stereocenters. The van der Waals surface area contributed by atoms with Crippen molar-refractivity contribution in [3.05, 3.63) is 36.5 Å². The van der Waals surface area contributed by atoms with Gasteiger partial charge in [0.15, 0.2) is 5.17 Å². The quantitative estimate of drug-likeness (QED) is 0.836. The number of aromatic nitrogens is 1. The molecule has 1 N–H and O–H groups in total. The van der Waals surface area contributed by atoms with Crippen LogP contribution in [0.15, 0.2) is 41.5 Å². The number of rotatable bonds is 1. The Morgan fingerprint density at radius 2 is 2.29 bits per heavy atom. The molecule has 1 aliphatic heterocycles. The van der Waals surface area contributed by atoms with Gasteiger partial charge in [-0.15, -0.1) is 0 Å². The number of nitrogens with zero attached hydrogens (tertiary/aromatic N) is 2. The van der Waals surface area contributed by atoms with E-state index in [1.807, 2.05) is 24.4 Å². The number of benzene rings is 1. The van der Waals surface area contributed by atoms with Crippen molar-refractivity contribution in [3.8, 4) is 0 Å². The van der Waals surface area contributed by atoms with Crippen molar-refractivity contribution in [1.82, 2.24) is 4.98 Å². The molecule has 86 valence electrons. The van der Waals surface area contributed by atoms with Crippen molar-refractivity contribution >= 4 is 33.5 Å². The van der Waals surface area contributed by atoms with Crippen molar-refractivity contribution in [3.63, 3.8) is 0 Å². The van der Waals surface area contributed by atoms with Crippen LogP contribution >= 0.6 is 11.8 Å². The van der Waals surface area contributed by atoms with Crippen molar-refractivity contribution in [1.29, 1.82) is 0 Å². The predicted molar refractivity (Wildman–Crippen MR) is 74.7 cm³/mol. The molecule has 17 heavy (non-hydrogen) atoms. The van der Waals surface area contributed by atoms with Crippen LogP contribution in [0.1, 0.15) is 6.92 Å². The Bertz CT molecular complexity index is 580. The zero-order valence-electron chi connectivity index (χ0n) is 9.55. The van der Waals surface area contributed by atoms with Gasteiger partial charge in [-0.25, -0.2) is 0 Å². The van der Waals surface area contributed by atoms with Gasteiger partial charge in [0.05, 0.1) is 11.6 Å². The Kier molecular flexibility index (Phi) is 2.73. The van der Waals surface area contributed by atoms with Gasteiger partial charge in [-0.05, 0) is 31.2 Å². The summed E-state index contributed by atoms with van der Waals surface area (Å²) in [6.07, 6.45) is 1.81. The Labute approximate surface area is 104 Å². The zero-order valence-corrected chi connectivity index (χ0v) is 10.4. The molecular weight excluding hydrogens is 230 g/mol. The van der Waals surface area contributed by atoms with Crippen LogP contribution in [-0.4, -0.2) is 21.9 Å². The van der Waals surface area contributed by atoms with Gasteiger partial charge in [0.25, 0.3) is 0 Å². The second-order valence-electron chi connectivity index (χ2n) is 4.13. The third-order valence-corrected chi connectivity index (χ3v) is 3.78. The molecular formula is C13H13N3S. The number of thioether (sulfide) groups is 1. The average molecular weight is 243 g/mol. The molecule has 0 fully saturated rings. The van der Waals surface area contributed by atoms with E-state index in [1.165, 1.54) is 0 Å². The Morgan fingerprint density at radius 3 is 3.12 bits per heavy atom. The topological polar surface area (TPSA) is 37.3 Å². The van der Waals surface area contributed by atoms with E-state index in [2.05, 4.69) is 34.3 Å². The summed E-state index contributed by atoms with van der Waals surface area (Å²) in [5.41, 5.74) is 2.10. The number of pyridine rings is 1. The zero-order chi connectivity index (χ0) is 11.7. The molecule has 1 unspecified atom stereocenters. The summed E-state index contributed by atoms with van der Waals surface area (Å²) in [5, 5.41) is 5.51. The Morgan fingerprint density at radius 1 is 1.35 bits per heavy atom. The predicted octanol–water partition coefficient (Wildman–Crippen LogP) is 3.14. The number of hydrogen-bond acceptors (Lipinski definition) is 4. The number of fused-ring (bicyclic) bond motifs is 1. The van der Waals surface area contributed by atoms with E-state index in [4.69, 9.17) is 0 Å². The molecule has 0 saturated carbocycles. The molecule has 2 heterocycles. The third kappa shape index (κ3) is 2.26. The van der Waals surface area contributed by atoms with Gasteiger partial charge in [0.1, 0.15) is 0 Å². The van der Waals surface area contributed by atoms with Gasteiger partial charge in [-0.1, -0.05) is 17.8 Å². The molecule has 1 aliphatic rings. The molecule has 0 saturated heterocycles. The molecule has 0 spiro atoms.